The number of amides is 2. The Kier molecular flexibility index (Phi) is 11.1. The van der Waals surface area contributed by atoms with Gasteiger partial charge in [0.05, 0.1) is 35.1 Å². The van der Waals surface area contributed by atoms with E-state index in [4.69, 9.17) is 9.47 Å². The molecule has 1 aliphatic carbocycles. The Morgan fingerprint density at radius 2 is 1.85 bits per heavy atom. The van der Waals surface area contributed by atoms with Gasteiger partial charge in [-0.15, -0.1) is 11.3 Å². The molecular weight excluding hydrogens is 710 g/mol. The standard InChI is InChI=1S/C39H43F3N4O6S/c1-3-8-32-38(52-28-21-25(2)53-23-28,14-7-18-46(32)34(47)33-30(39(40,41)42)10-6-17-44-33)36(50)45-19-15-37(24-43,16-20-45)29-9-4-5-11-31(29)51-27-13-12-26(22-27)35(48)49/h4-6,9-11,17,21,23,26-27,32H,3,7-8,12-16,18-20,22H2,1-2H3,(H,48,49)/t26-,27-,32-,38+/m1/s1. The number of nitrogens with zero attached hydrogens (tertiary/aromatic N) is 4. The van der Waals surface area contributed by atoms with Gasteiger partial charge in [0.1, 0.15) is 17.2 Å². The van der Waals surface area contributed by atoms with Crippen molar-refractivity contribution in [1.82, 2.24) is 14.8 Å². The van der Waals surface area contributed by atoms with Crippen molar-refractivity contribution in [2.75, 3.05) is 19.6 Å². The van der Waals surface area contributed by atoms with Crippen molar-refractivity contribution in [3.8, 4) is 17.6 Å². The van der Waals surface area contributed by atoms with Crippen LogP contribution in [0.5, 0.6) is 11.5 Å². The molecule has 2 aliphatic heterocycles. The van der Waals surface area contributed by atoms with E-state index in [1.807, 2.05) is 32.0 Å². The first-order chi connectivity index (χ1) is 25.3. The van der Waals surface area contributed by atoms with Crippen molar-refractivity contribution < 1.29 is 42.1 Å². The summed E-state index contributed by atoms with van der Waals surface area (Å²) >= 11 is 1.43. The van der Waals surface area contributed by atoms with E-state index in [2.05, 4.69) is 11.1 Å². The summed E-state index contributed by atoms with van der Waals surface area (Å²) in [5.74, 6) is -1.64. The number of carboxylic acid groups (broad SMARTS) is 1. The lowest BCUT2D eigenvalue weighted by atomic mass is 9.72. The molecule has 2 aromatic heterocycles. The van der Waals surface area contributed by atoms with E-state index >= 15 is 4.79 Å². The van der Waals surface area contributed by atoms with Crippen LogP contribution in [0.15, 0.2) is 54.0 Å². The number of carbonyl (C=O) groups is 3. The molecule has 0 unspecified atom stereocenters. The van der Waals surface area contributed by atoms with Crippen molar-refractivity contribution in [2.45, 2.75) is 101 Å². The van der Waals surface area contributed by atoms with Crippen molar-refractivity contribution in [3.63, 3.8) is 0 Å². The maximum absolute atomic E-state index is 15.0. The number of thiophene rings is 1. The largest absolute Gasteiger partial charge is 0.490 e. The number of aromatic nitrogens is 1. The molecule has 4 atom stereocenters. The molecular formula is C39H43F3N4O6S. The van der Waals surface area contributed by atoms with Crippen LogP contribution in [-0.2, 0) is 21.2 Å². The summed E-state index contributed by atoms with van der Waals surface area (Å²) < 4.78 is 55.2. The monoisotopic (exact) mass is 752 g/mol. The molecule has 53 heavy (non-hydrogen) atoms. The molecule has 2 saturated heterocycles. The predicted molar refractivity (Wildman–Crippen MR) is 190 cm³/mol. The number of alkyl halides is 3. The molecule has 3 aliphatic rings. The Balaban J connectivity index is 1.30. The molecule has 0 radical (unpaired) electrons. The Morgan fingerprint density at radius 1 is 1.09 bits per heavy atom. The highest BCUT2D eigenvalue weighted by atomic mass is 32.1. The summed E-state index contributed by atoms with van der Waals surface area (Å²) in [6.07, 6.45) is -0.556. The predicted octanol–water partition coefficient (Wildman–Crippen LogP) is 7.41. The van der Waals surface area contributed by atoms with Crippen LogP contribution in [0.3, 0.4) is 0 Å². The van der Waals surface area contributed by atoms with Crippen LogP contribution in [0.25, 0.3) is 0 Å². The maximum atomic E-state index is 15.0. The second-order valence-corrected chi connectivity index (χ2v) is 15.4. The summed E-state index contributed by atoms with van der Waals surface area (Å²) in [4.78, 5) is 48.5. The van der Waals surface area contributed by atoms with E-state index in [0.29, 0.717) is 55.6 Å². The zero-order valence-electron chi connectivity index (χ0n) is 29.7. The van der Waals surface area contributed by atoms with Gasteiger partial charge >= 0.3 is 12.1 Å². The number of para-hydroxylation sites is 1. The van der Waals surface area contributed by atoms with E-state index in [9.17, 15) is 33.1 Å². The second-order valence-electron chi connectivity index (χ2n) is 14.3. The average Bonchev–Trinajstić information content (AvgIpc) is 3.80. The average molecular weight is 753 g/mol. The number of carboxylic acids is 1. The number of hydrogen-bond donors (Lipinski definition) is 1. The van der Waals surface area contributed by atoms with Crippen molar-refractivity contribution >= 4 is 29.1 Å². The Labute approximate surface area is 310 Å². The lowest BCUT2D eigenvalue weighted by Gasteiger charge is -2.51. The number of aliphatic carboxylic acids is 1. The molecule has 0 bridgehead atoms. The second kappa shape index (κ2) is 15.4. The van der Waals surface area contributed by atoms with Gasteiger partial charge in [0.15, 0.2) is 0 Å². The third-order valence-electron chi connectivity index (χ3n) is 10.9. The quantitative estimate of drug-likeness (QED) is 0.227. The molecule has 1 saturated carbocycles. The molecule has 1 aromatic carbocycles. The third kappa shape index (κ3) is 7.58. The van der Waals surface area contributed by atoms with Gasteiger partial charge in [0, 0.05) is 48.1 Å². The normalized spacial score (nSPS) is 24.3. The molecule has 6 rings (SSSR count). The Bertz CT molecular complexity index is 1870. The minimum absolute atomic E-state index is 0.126. The first-order valence-corrected chi connectivity index (χ1v) is 19.0. The summed E-state index contributed by atoms with van der Waals surface area (Å²) in [6.45, 7) is 4.28. The highest BCUT2D eigenvalue weighted by Gasteiger charge is 2.56. The highest BCUT2D eigenvalue weighted by molar-refractivity contribution is 7.10. The molecule has 2 amide bonds. The zero-order valence-corrected chi connectivity index (χ0v) is 30.5. The fourth-order valence-electron chi connectivity index (χ4n) is 8.24. The number of carbonyl (C=O) groups excluding carboxylic acids is 2. The van der Waals surface area contributed by atoms with Gasteiger partial charge in [0.2, 0.25) is 5.60 Å². The number of benzene rings is 1. The lowest BCUT2D eigenvalue weighted by molar-refractivity contribution is -0.160. The number of hydrogen-bond acceptors (Lipinski definition) is 8. The van der Waals surface area contributed by atoms with Crippen LogP contribution in [0, 0.1) is 24.2 Å². The molecule has 1 N–H and O–H groups in total. The molecule has 0 spiro atoms. The summed E-state index contributed by atoms with van der Waals surface area (Å²) in [5.41, 5.74) is -3.78. The van der Waals surface area contributed by atoms with Crippen LogP contribution < -0.4 is 9.47 Å². The number of ether oxygens (including phenoxy) is 2. The van der Waals surface area contributed by atoms with E-state index < -0.39 is 52.3 Å². The maximum Gasteiger partial charge on any atom is 0.418 e. The molecule has 10 nitrogen and oxygen atoms in total. The minimum atomic E-state index is -4.81. The first kappa shape index (κ1) is 38.1. The minimum Gasteiger partial charge on any atom is -0.490 e. The number of aryl methyl sites for hydroxylation is 1. The van der Waals surface area contributed by atoms with Crippen LogP contribution in [0.1, 0.15) is 91.2 Å². The van der Waals surface area contributed by atoms with E-state index in [1.54, 1.807) is 22.4 Å². The fraction of sp³-hybridized carbons (Fsp3) is 0.513. The highest BCUT2D eigenvalue weighted by Crippen LogP contribution is 2.44. The number of likely N-dealkylation sites (tertiary alicyclic amines) is 2. The van der Waals surface area contributed by atoms with E-state index in [0.717, 1.165) is 23.2 Å². The smallest absolute Gasteiger partial charge is 0.418 e. The Morgan fingerprint density at radius 3 is 2.49 bits per heavy atom. The molecule has 282 valence electrons. The van der Waals surface area contributed by atoms with Gasteiger partial charge in [-0.25, -0.2) is 0 Å². The topological polar surface area (TPSA) is 133 Å². The zero-order chi connectivity index (χ0) is 38.0. The van der Waals surface area contributed by atoms with Gasteiger partial charge < -0.3 is 24.4 Å². The lowest BCUT2D eigenvalue weighted by Crippen LogP contribution is -2.68. The van der Waals surface area contributed by atoms with Crippen molar-refractivity contribution in [2.24, 2.45) is 5.92 Å². The van der Waals surface area contributed by atoms with Crippen LogP contribution in [0.4, 0.5) is 13.2 Å². The number of halogens is 3. The van der Waals surface area contributed by atoms with Gasteiger partial charge in [0.25, 0.3) is 11.8 Å². The number of nitriles is 1. The molecule has 14 heteroatoms. The van der Waals surface area contributed by atoms with Crippen LogP contribution >= 0.6 is 11.3 Å². The Hall–Kier alpha value is -4.64. The molecule has 3 aromatic rings. The third-order valence-corrected chi connectivity index (χ3v) is 11.8. The molecule has 3 fully saturated rings. The SMILES string of the molecule is CCC[C@H]1N(C(=O)c2ncccc2C(F)(F)F)CCC[C@@]1(Oc1csc(C)c1)C(=O)N1CCC(C#N)(c2ccccc2O[C@@H]2CC[C@@H](C(=O)O)C2)CC1. The number of piperidine rings is 2. The van der Waals surface area contributed by atoms with E-state index in [-0.39, 0.29) is 50.9 Å². The summed E-state index contributed by atoms with van der Waals surface area (Å²) in [5, 5.41) is 21.9. The number of pyridine rings is 1. The van der Waals surface area contributed by atoms with Crippen LogP contribution in [0.2, 0.25) is 0 Å². The van der Waals surface area contributed by atoms with Gasteiger partial charge in [-0.2, -0.15) is 18.4 Å². The fourth-order valence-corrected chi connectivity index (χ4v) is 8.85. The van der Waals surface area contributed by atoms with Crippen molar-refractivity contribution in [1.29, 1.82) is 5.26 Å². The van der Waals surface area contributed by atoms with Gasteiger partial charge in [-0.05, 0) is 76.1 Å². The van der Waals surface area contributed by atoms with Gasteiger partial charge in [-0.3, -0.25) is 19.4 Å². The summed E-state index contributed by atoms with van der Waals surface area (Å²) in [7, 11) is 0. The van der Waals surface area contributed by atoms with Crippen molar-refractivity contribution in [3.05, 3.63) is 75.7 Å². The first-order valence-electron chi connectivity index (χ1n) is 18.1. The summed E-state index contributed by atoms with van der Waals surface area (Å²) in [6, 6.07) is 12.7. The van der Waals surface area contributed by atoms with Crippen LogP contribution in [-0.4, -0.2) is 75.1 Å². The van der Waals surface area contributed by atoms with Gasteiger partial charge in [-0.1, -0.05) is 31.5 Å². The molecule has 4 heterocycles. The number of rotatable bonds is 10. The van der Waals surface area contributed by atoms with E-state index in [1.165, 1.54) is 16.2 Å².